The number of fused-ring (bicyclic) bond motifs is 1. The van der Waals surface area contributed by atoms with Crippen molar-refractivity contribution in [1.29, 1.82) is 0 Å². The highest BCUT2D eigenvalue weighted by Gasteiger charge is 2.23. The second-order valence-corrected chi connectivity index (χ2v) is 7.91. The maximum atomic E-state index is 12.5. The molecule has 142 valence electrons. The number of anilines is 1. The number of aromatic nitrogens is 1. The molecule has 2 aliphatic heterocycles. The van der Waals surface area contributed by atoms with E-state index in [0.29, 0.717) is 48.3 Å². The van der Waals surface area contributed by atoms with Crippen molar-refractivity contribution in [2.24, 2.45) is 0 Å². The van der Waals surface area contributed by atoms with Crippen LogP contribution in [0.1, 0.15) is 11.7 Å². The van der Waals surface area contributed by atoms with Gasteiger partial charge in [0.25, 0.3) is 5.91 Å². The number of nitrogens with zero attached hydrogens (tertiary/aromatic N) is 2. The second kappa shape index (κ2) is 7.97. The number of ether oxygens (including phenoxy) is 3. The Labute approximate surface area is 168 Å². The summed E-state index contributed by atoms with van der Waals surface area (Å²) >= 11 is 4.75. The molecule has 1 amide bonds. The van der Waals surface area contributed by atoms with Gasteiger partial charge in [-0.3, -0.25) is 10.1 Å². The van der Waals surface area contributed by atoms with Gasteiger partial charge in [-0.25, -0.2) is 4.98 Å². The maximum absolute atomic E-state index is 12.5. The fourth-order valence-electron chi connectivity index (χ4n) is 2.96. The summed E-state index contributed by atoms with van der Waals surface area (Å²) in [6, 6.07) is 3.85. The van der Waals surface area contributed by atoms with Crippen molar-refractivity contribution in [1.82, 2.24) is 8.91 Å². The molecule has 0 aliphatic carbocycles. The number of thiazole rings is 1. The quantitative estimate of drug-likeness (QED) is 0.718. The lowest BCUT2D eigenvalue weighted by atomic mass is 10.1. The van der Waals surface area contributed by atoms with Crippen LogP contribution >= 0.6 is 27.5 Å². The monoisotopic (exact) mass is 451 g/mol. The van der Waals surface area contributed by atoms with Crippen LogP contribution in [0.4, 0.5) is 5.13 Å². The fourth-order valence-corrected chi connectivity index (χ4v) is 4.25. The largest absolute Gasteiger partial charge is 0.494 e. The molecule has 1 fully saturated rings. The SMILES string of the molecule is COc1ccc(C2COCCO2)c2sc(NC(=O)C3=CCN(Br)C=C3)nc12. The number of carbonyl (C=O) groups excluding carboxylic acids is 1. The Morgan fingerprint density at radius 2 is 2.33 bits per heavy atom. The molecule has 2 aliphatic rings. The number of hydrogen-bond acceptors (Lipinski definition) is 7. The molecule has 0 bridgehead atoms. The first-order valence-electron chi connectivity index (χ1n) is 8.44. The third-order valence-corrected chi connectivity index (χ3v) is 5.85. The van der Waals surface area contributed by atoms with Crippen LogP contribution in [0.5, 0.6) is 5.75 Å². The van der Waals surface area contributed by atoms with Gasteiger partial charge in [-0.2, -0.15) is 0 Å². The number of carbonyl (C=O) groups is 1. The Morgan fingerprint density at radius 3 is 3.04 bits per heavy atom. The summed E-state index contributed by atoms with van der Waals surface area (Å²) in [4.78, 5) is 17.1. The zero-order valence-corrected chi connectivity index (χ0v) is 17.0. The molecular formula is C18H18BrN3O4S. The Hall–Kier alpha value is -1.94. The van der Waals surface area contributed by atoms with Crippen molar-refractivity contribution in [2.45, 2.75) is 6.10 Å². The van der Waals surface area contributed by atoms with Gasteiger partial charge in [0.2, 0.25) is 0 Å². The lowest BCUT2D eigenvalue weighted by Crippen LogP contribution is -2.21. The topological polar surface area (TPSA) is 72.9 Å². The summed E-state index contributed by atoms with van der Waals surface area (Å²) in [5.41, 5.74) is 2.31. The van der Waals surface area contributed by atoms with E-state index in [2.05, 4.69) is 26.4 Å². The van der Waals surface area contributed by atoms with Crippen molar-refractivity contribution in [3.63, 3.8) is 0 Å². The van der Waals surface area contributed by atoms with Crippen LogP contribution in [0.15, 0.2) is 36.1 Å². The predicted molar refractivity (Wildman–Crippen MR) is 107 cm³/mol. The van der Waals surface area contributed by atoms with Crippen molar-refractivity contribution in [3.05, 3.63) is 41.6 Å². The van der Waals surface area contributed by atoms with E-state index in [4.69, 9.17) is 14.2 Å². The minimum absolute atomic E-state index is 0.148. The average molecular weight is 452 g/mol. The molecule has 0 spiro atoms. The average Bonchev–Trinajstić information content (AvgIpc) is 3.11. The van der Waals surface area contributed by atoms with Crippen LogP contribution in [0, 0.1) is 0 Å². The van der Waals surface area contributed by atoms with Gasteiger partial charge in [-0.1, -0.05) is 23.5 Å². The Bertz CT molecular complexity index is 921. The predicted octanol–water partition coefficient (Wildman–Crippen LogP) is 3.40. The van der Waals surface area contributed by atoms with Crippen molar-refractivity contribution < 1.29 is 19.0 Å². The fraction of sp³-hybridized carbons (Fsp3) is 0.333. The Balaban J connectivity index is 1.64. The van der Waals surface area contributed by atoms with Crippen LogP contribution in [0.3, 0.4) is 0 Å². The summed E-state index contributed by atoms with van der Waals surface area (Å²) < 4.78 is 19.6. The molecular weight excluding hydrogens is 434 g/mol. The summed E-state index contributed by atoms with van der Waals surface area (Å²) in [6.07, 6.45) is 5.25. The van der Waals surface area contributed by atoms with Gasteiger partial charge in [0.1, 0.15) is 17.4 Å². The number of rotatable bonds is 4. The molecule has 3 heterocycles. The first-order valence-corrected chi connectivity index (χ1v) is 9.97. The van der Waals surface area contributed by atoms with Gasteiger partial charge in [-0.05, 0) is 12.1 Å². The van der Waals surface area contributed by atoms with Crippen LogP contribution in [0.25, 0.3) is 10.2 Å². The van der Waals surface area contributed by atoms with E-state index in [1.807, 2.05) is 22.1 Å². The third kappa shape index (κ3) is 3.86. The minimum atomic E-state index is -0.191. The minimum Gasteiger partial charge on any atom is -0.494 e. The van der Waals surface area contributed by atoms with E-state index in [-0.39, 0.29) is 12.0 Å². The molecule has 4 rings (SSSR count). The smallest absolute Gasteiger partial charge is 0.257 e. The number of nitrogens with one attached hydrogen (secondary N) is 1. The molecule has 1 aromatic heterocycles. The van der Waals surface area contributed by atoms with Crippen LogP contribution in [-0.2, 0) is 14.3 Å². The van der Waals surface area contributed by atoms with Crippen molar-refractivity contribution in [3.8, 4) is 5.75 Å². The molecule has 1 aromatic carbocycles. The zero-order valence-electron chi connectivity index (χ0n) is 14.6. The molecule has 1 N–H and O–H groups in total. The van der Waals surface area contributed by atoms with E-state index in [1.165, 1.54) is 11.3 Å². The molecule has 2 aromatic rings. The highest BCUT2D eigenvalue weighted by molar-refractivity contribution is 9.07. The van der Waals surface area contributed by atoms with E-state index in [1.54, 1.807) is 19.4 Å². The molecule has 27 heavy (non-hydrogen) atoms. The standard InChI is InChI=1S/C18H18BrN3O4S/c1-24-13-3-2-12(14-10-25-8-9-26-14)16-15(13)20-18(27-16)21-17(23)11-4-6-22(19)7-5-11/h2-6,14H,7-10H2,1H3,(H,20,21,23). The zero-order chi connectivity index (χ0) is 18.8. The van der Waals surface area contributed by atoms with E-state index >= 15 is 0 Å². The molecule has 0 radical (unpaired) electrons. The highest BCUT2D eigenvalue weighted by Crippen LogP contribution is 2.39. The van der Waals surface area contributed by atoms with Crippen LogP contribution in [0.2, 0.25) is 0 Å². The van der Waals surface area contributed by atoms with Gasteiger partial charge in [0.05, 0.1) is 31.6 Å². The van der Waals surface area contributed by atoms with E-state index in [9.17, 15) is 4.79 Å². The number of halogens is 1. The number of benzene rings is 1. The maximum Gasteiger partial charge on any atom is 0.257 e. The summed E-state index contributed by atoms with van der Waals surface area (Å²) in [5, 5.41) is 3.41. The van der Waals surface area contributed by atoms with Crippen molar-refractivity contribution >= 4 is 48.7 Å². The molecule has 1 saturated heterocycles. The van der Waals surface area contributed by atoms with Gasteiger partial charge in [-0.15, -0.1) is 0 Å². The Morgan fingerprint density at radius 1 is 1.44 bits per heavy atom. The number of hydrogen-bond donors (Lipinski definition) is 1. The van der Waals surface area contributed by atoms with Crippen molar-refractivity contribution in [2.75, 3.05) is 38.8 Å². The molecule has 9 heteroatoms. The third-order valence-electron chi connectivity index (χ3n) is 4.30. The molecule has 7 nitrogen and oxygen atoms in total. The summed E-state index contributed by atoms with van der Waals surface area (Å²) in [7, 11) is 1.61. The molecule has 1 unspecified atom stereocenters. The lowest BCUT2D eigenvalue weighted by Gasteiger charge is -2.23. The summed E-state index contributed by atoms with van der Waals surface area (Å²) in [6.45, 7) is 2.29. The van der Waals surface area contributed by atoms with Gasteiger partial charge < -0.3 is 18.1 Å². The van der Waals surface area contributed by atoms with E-state index < -0.39 is 0 Å². The highest BCUT2D eigenvalue weighted by atomic mass is 79.9. The number of methoxy groups -OCH3 is 1. The lowest BCUT2D eigenvalue weighted by molar-refractivity contribution is -0.112. The first kappa shape index (κ1) is 18.4. The van der Waals surface area contributed by atoms with E-state index in [0.717, 1.165) is 10.3 Å². The Kier molecular flexibility index (Phi) is 5.44. The van der Waals surface area contributed by atoms with Gasteiger partial charge >= 0.3 is 0 Å². The van der Waals surface area contributed by atoms with Crippen LogP contribution < -0.4 is 10.1 Å². The summed E-state index contributed by atoms with van der Waals surface area (Å²) in [5.74, 6) is 0.470. The molecule has 1 atom stereocenters. The molecule has 0 saturated carbocycles. The van der Waals surface area contributed by atoms with Crippen LogP contribution in [-0.4, -0.2) is 48.3 Å². The van der Waals surface area contributed by atoms with Gasteiger partial charge in [0, 0.05) is 40.0 Å². The number of amides is 1. The van der Waals surface area contributed by atoms with Gasteiger partial charge in [0.15, 0.2) is 5.13 Å². The first-order chi connectivity index (χ1) is 13.2. The second-order valence-electron chi connectivity index (χ2n) is 6.00. The normalized spacial score (nSPS) is 19.9.